The van der Waals surface area contributed by atoms with Gasteiger partial charge in [0.2, 0.25) is 23.6 Å². The summed E-state index contributed by atoms with van der Waals surface area (Å²) in [4.78, 5) is 62.1. The summed E-state index contributed by atoms with van der Waals surface area (Å²) in [5, 5.41) is 15.8. The predicted molar refractivity (Wildman–Crippen MR) is 217 cm³/mol. The van der Waals surface area contributed by atoms with E-state index in [2.05, 4.69) is 11.9 Å². The molecule has 0 radical (unpaired) electrons. The van der Waals surface area contributed by atoms with Gasteiger partial charge in [-0.25, -0.2) is 4.90 Å². The summed E-state index contributed by atoms with van der Waals surface area (Å²) >= 11 is 6.44. The average Bonchev–Trinajstić information content (AvgIpc) is 3.60. The second-order valence-electron chi connectivity index (χ2n) is 15.0. The van der Waals surface area contributed by atoms with Crippen molar-refractivity contribution >= 4 is 58.0 Å². The molecule has 2 N–H and O–H groups in total. The van der Waals surface area contributed by atoms with Crippen molar-refractivity contribution in [2.45, 2.75) is 30.6 Å². The molecule has 5 aromatic carbocycles. The molecule has 9 rings (SSSR count). The molecule has 9 heteroatoms. The van der Waals surface area contributed by atoms with Crippen LogP contribution in [0.15, 0.2) is 152 Å². The van der Waals surface area contributed by atoms with Crippen molar-refractivity contribution in [1.82, 2.24) is 0 Å². The van der Waals surface area contributed by atoms with Gasteiger partial charge in [-0.3, -0.25) is 24.1 Å². The van der Waals surface area contributed by atoms with Gasteiger partial charge in [0, 0.05) is 27.9 Å². The van der Waals surface area contributed by atoms with Gasteiger partial charge in [-0.2, -0.15) is 0 Å². The molecule has 4 amide bonds. The summed E-state index contributed by atoms with van der Waals surface area (Å²) in [6.07, 6.45) is 4.50. The highest BCUT2D eigenvalue weighted by Gasteiger charge is 2.70. The highest BCUT2D eigenvalue weighted by Crippen LogP contribution is 2.65. The second kappa shape index (κ2) is 13.8. The van der Waals surface area contributed by atoms with Gasteiger partial charge in [0.1, 0.15) is 5.75 Å². The first-order valence-electron chi connectivity index (χ1n) is 18.8. The summed E-state index contributed by atoms with van der Waals surface area (Å²) in [5.74, 6) is -5.24. The number of fused-ring (bicyclic) bond motifs is 4. The number of imide groups is 2. The van der Waals surface area contributed by atoms with E-state index >= 15 is 9.59 Å². The van der Waals surface area contributed by atoms with E-state index in [4.69, 9.17) is 11.6 Å². The number of aromatic hydroxyl groups is 1. The van der Waals surface area contributed by atoms with Crippen LogP contribution < -0.4 is 15.1 Å². The lowest BCUT2D eigenvalue weighted by Gasteiger charge is -2.50. The van der Waals surface area contributed by atoms with Crippen molar-refractivity contribution in [3.63, 3.8) is 0 Å². The number of rotatable bonds is 8. The van der Waals surface area contributed by atoms with E-state index in [9.17, 15) is 14.7 Å². The van der Waals surface area contributed by atoms with Gasteiger partial charge in [-0.05, 0) is 90.9 Å². The number of benzene rings is 5. The van der Waals surface area contributed by atoms with E-state index < -0.39 is 46.8 Å². The molecule has 1 saturated carbocycles. The van der Waals surface area contributed by atoms with E-state index in [1.807, 2.05) is 97.1 Å². The van der Waals surface area contributed by atoms with Gasteiger partial charge in [0.25, 0.3) is 0 Å². The van der Waals surface area contributed by atoms with E-state index in [0.717, 1.165) is 16.9 Å². The number of anilines is 4. The Morgan fingerprint density at radius 2 is 1.45 bits per heavy atom. The zero-order valence-electron chi connectivity index (χ0n) is 30.3. The SMILES string of the molecule is C=CCc1cccc(C2C3=CCC4C(=O)N(c5ccc(Nc6ccccc6)cc5)C(=O)C4C3CC3C(=O)N(c4cccc(Cl)c4)C(=O)C32c2ccccc2)c1O. The number of hydrogen-bond donors (Lipinski definition) is 2. The lowest BCUT2D eigenvalue weighted by molar-refractivity contribution is -0.127. The molecule has 2 aliphatic heterocycles. The Morgan fingerprint density at radius 1 is 0.750 bits per heavy atom. The number of halogens is 1. The molecule has 2 aliphatic carbocycles. The van der Waals surface area contributed by atoms with E-state index in [-0.39, 0.29) is 30.4 Å². The third-order valence-electron chi connectivity index (χ3n) is 12.2. The van der Waals surface area contributed by atoms with Crippen molar-refractivity contribution in [3.05, 3.63) is 173 Å². The maximum absolute atomic E-state index is 15.5. The normalized spacial score (nSPS) is 25.4. The van der Waals surface area contributed by atoms with Gasteiger partial charge in [-0.15, -0.1) is 6.58 Å². The number of phenols is 1. The van der Waals surface area contributed by atoms with Crippen LogP contribution in [0.3, 0.4) is 0 Å². The average molecular weight is 760 g/mol. The number of para-hydroxylation sites is 2. The summed E-state index contributed by atoms with van der Waals surface area (Å²) in [7, 11) is 0. The molecule has 3 fully saturated rings. The topological polar surface area (TPSA) is 107 Å². The molecule has 0 spiro atoms. The van der Waals surface area contributed by atoms with Crippen molar-refractivity contribution in [1.29, 1.82) is 0 Å². The third kappa shape index (κ3) is 5.34. The van der Waals surface area contributed by atoms with Gasteiger partial charge >= 0.3 is 0 Å². The van der Waals surface area contributed by atoms with Gasteiger partial charge < -0.3 is 10.4 Å². The summed E-state index contributed by atoms with van der Waals surface area (Å²) < 4.78 is 0. The maximum Gasteiger partial charge on any atom is 0.246 e. The largest absolute Gasteiger partial charge is 0.507 e. The van der Waals surface area contributed by atoms with E-state index in [1.165, 1.54) is 9.80 Å². The summed E-state index contributed by atoms with van der Waals surface area (Å²) in [6, 6.07) is 38.4. The minimum atomic E-state index is -1.49. The van der Waals surface area contributed by atoms with Crippen molar-refractivity contribution in [3.8, 4) is 5.75 Å². The first kappa shape index (κ1) is 35.5. The number of hydrogen-bond acceptors (Lipinski definition) is 6. The van der Waals surface area contributed by atoms with Crippen LogP contribution in [0.5, 0.6) is 5.75 Å². The number of carbonyl (C=O) groups excluding carboxylic acids is 4. The zero-order valence-corrected chi connectivity index (χ0v) is 31.1. The molecule has 278 valence electrons. The molecule has 4 aliphatic rings. The highest BCUT2D eigenvalue weighted by atomic mass is 35.5. The summed E-state index contributed by atoms with van der Waals surface area (Å²) in [5.41, 5.74) is 3.55. The Bertz CT molecular complexity index is 2450. The molecule has 0 aromatic heterocycles. The number of nitrogens with one attached hydrogen (secondary N) is 1. The molecule has 8 nitrogen and oxygen atoms in total. The number of amides is 4. The first-order valence-corrected chi connectivity index (χ1v) is 19.2. The van der Waals surface area contributed by atoms with Crippen LogP contribution in [0.1, 0.15) is 35.4 Å². The molecular formula is C47H38ClN3O5. The van der Waals surface area contributed by atoms with Crippen LogP contribution in [0, 0.1) is 23.7 Å². The molecule has 6 atom stereocenters. The fraction of sp³-hybridized carbons (Fsp3) is 0.191. The minimum Gasteiger partial charge on any atom is -0.507 e. The maximum atomic E-state index is 15.5. The molecule has 5 aromatic rings. The van der Waals surface area contributed by atoms with Gasteiger partial charge in [0.05, 0.1) is 34.5 Å². The van der Waals surface area contributed by atoms with Gasteiger partial charge in [-0.1, -0.05) is 102 Å². The number of phenolic OH excluding ortho intramolecular Hbond substituents is 1. The van der Waals surface area contributed by atoms with Crippen molar-refractivity contribution < 1.29 is 24.3 Å². The Labute approximate surface area is 329 Å². The lowest BCUT2D eigenvalue weighted by Crippen LogP contribution is -2.53. The minimum absolute atomic E-state index is 0.0104. The fourth-order valence-corrected chi connectivity index (χ4v) is 10.1. The van der Waals surface area contributed by atoms with E-state index in [1.54, 1.807) is 42.5 Å². The van der Waals surface area contributed by atoms with E-state index in [0.29, 0.717) is 39.5 Å². The molecule has 56 heavy (non-hydrogen) atoms. The molecule has 6 unspecified atom stereocenters. The van der Waals surface area contributed by atoms with Crippen LogP contribution in [-0.4, -0.2) is 28.7 Å². The number of nitrogens with zero attached hydrogens (tertiary/aromatic N) is 2. The Hall–Kier alpha value is -6.25. The van der Waals surface area contributed by atoms with Crippen molar-refractivity contribution in [2.75, 3.05) is 15.1 Å². The predicted octanol–water partition coefficient (Wildman–Crippen LogP) is 8.88. The second-order valence-corrected chi connectivity index (χ2v) is 15.4. The van der Waals surface area contributed by atoms with Crippen LogP contribution in [0.4, 0.5) is 22.7 Å². The highest BCUT2D eigenvalue weighted by molar-refractivity contribution is 6.32. The van der Waals surface area contributed by atoms with Crippen LogP contribution in [0.25, 0.3) is 0 Å². The molecule has 2 saturated heterocycles. The smallest absolute Gasteiger partial charge is 0.246 e. The molecule has 0 bridgehead atoms. The molecular weight excluding hydrogens is 722 g/mol. The molecule has 2 heterocycles. The lowest BCUT2D eigenvalue weighted by atomic mass is 9.49. The zero-order chi connectivity index (χ0) is 38.7. The van der Waals surface area contributed by atoms with Crippen LogP contribution in [0.2, 0.25) is 5.02 Å². The number of allylic oxidation sites excluding steroid dienone is 3. The number of carbonyl (C=O) groups is 4. The third-order valence-corrected chi connectivity index (χ3v) is 12.4. The van der Waals surface area contributed by atoms with Crippen molar-refractivity contribution in [2.24, 2.45) is 23.7 Å². The Kier molecular flexibility index (Phi) is 8.74. The standard InChI is InChI=1S/C47H38ClN3O5/c1-2-11-28-12-9-19-37(42(28)52)41-35-24-25-36-40(45(55)50(43(36)53)33-22-20-32(21-23-33)49-31-16-7-4-8-17-31)38(35)27-39-44(54)51(34-18-10-15-30(48)26-34)46(56)47(39,41)29-13-5-3-6-14-29/h2-10,12-24,26,36,38-41,49,52H,1,11,25,27H2. The van der Waals surface area contributed by atoms with Crippen LogP contribution in [-0.2, 0) is 31.0 Å². The quantitative estimate of drug-likeness (QED) is 0.121. The summed E-state index contributed by atoms with van der Waals surface area (Å²) in [6.45, 7) is 3.88. The monoisotopic (exact) mass is 759 g/mol. The Morgan fingerprint density at radius 3 is 2.16 bits per heavy atom. The Balaban J connectivity index is 1.19. The fourth-order valence-electron chi connectivity index (χ4n) is 9.89. The van der Waals surface area contributed by atoms with Gasteiger partial charge in [0.15, 0.2) is 0 Å². The van der Waals surface area contributed by atoms with Crippen LogP contribution >= 0.6 is 11.6 Å². The first-order chi connectivity index (χ1) is 27.2.